The molecule has 0 aromatic heterocycles. The van der Waals surface area contributed by atoms with Gasteiger partial charge in [0.2, 0.25) is 0 Å². The Morgan fingerprint density at radius 2 is 1.70 bits per heavy atom. The van der Waals surface area contributed by atoms with E-state index in [4.69, 9.17) is 16.3 Å². The topological polar surface area (TPSA) is 26.3 Å². The van der Waals surface area contributed by atoms with Crippen molar-refractivity contribution in [3.05, 3.63) is 63.7 Å². The van der Waals surface area contributed by atoms with Crippen LogP contribution in [0.15, 0.2) is 30.3 Å². The van der Waals surface area contributed by atoms with Gasteiger partial charge in [-0.25, -0.2) is 8.78 Å². The van der Waals surface area contributed by atoms with Crippen LogP contribution < -0.4 is 4.74 Å². The van der Waals surface area contributed by atoms with Crippen molar-refractivity contribution in [3.8, 4) is 5.75 Å². The monoisotopic (exact) mass is 296 g/mol. The summed E-state index contributed by atoms with van der Waals surface area (Å²) in [5.41, 5.74) is 0.251. The van der Waals surface area contributed by atoms with Crippen molar-refractivity contribution in [1.82, 2.24) is 0 Å². The highest BCUT2D eigenvalue weighted by atomic mass is 35.5. The largest absolute Gasteiger partial charge is 0.497 e. The van der Waals surface area contributed by atoms with Crippen LogP contribution in [0, 0.1) is 18.6 Å². The van der Waals surface area contributed by atoms with E-state index in [-0.39, 0.29) is 11.3 Å². The van der Waals surface area contributed by atoms with Gasteiger partial charge in [0.25, 0.3) is 0 Å². The SMILES string of the molecule is COc1cc(F)c(C(=O)c2cc(C)cc(Cl)c2)c(F)c1. The van der Waals surface area contributed by atoms with Gasteiger partial charge < -0.3 is 4.74 Å². The van der Waals surface area contributed by atoms with E-state index < -0.39 is 23.0 Å². The molecule has 20 heavy (non-hydrogen) atoms. The molecule has 0 N–H and O–H groups in total. The van der Waals surface area contributed by atoms with E-state index in [9.17, 15) is 13.6 Å². The molecule has 104 valence electrons. The molecule has 0 aliphatic carbocycles. The molecule has 0 unspecified atom stereocenters. The third kappa shape index (κ3) is 2.80. The summed E-state index contributed by atoms with van der Waals surface area (Å²) in [7, 11) is 1.29. The number of halogens is 3. The molecular weight excluding hydrogens is 286 g/mol. The smallest absolute Gasteiger partial charge is 0.199 e. The third-order valence-electron chi connectivity index (χ3n) is 2.78. The Bertz CT molecular complexity index is 640. The Labute approximate surface area is 119 Å². The fourth-order valence-electron chi connectivity index (χ4n) is 1.90. The number of aryl methyl sites for hydroxylation is 1. The van der Waals surface area contributed by atoms with Crippen LogP contribution in [0.1, 0.15) is 21.5 Å². The van der Waals surface area contributed by atoms with Crippen LogP contribution in [0.3, 0.4) is 0 Å². The summed E-state index contributed by atoms with van der Waals surface area (Å²) in [6.45, 7) is 1.74. The zero-order valence-electron chi connectivity index (χ0n) is 10.8. The number of methoxy groups -OCH3 is 1. The second kappa shape index (κ2) is 5.59. The summed E-state index contributed by atoms with van der Waals surface area (Å²) in [5, 5.41) is 0.336. The molecule has 0 aliphatic rings. The Morgan fingerprint density at radius 3 is 2.20 bits per heavy atom. The molecule has 2 rings (SSSR count). The van der Waals surface area contributed by atoms with Crippen molar-refractivity contribution in [2.75, 3.05) is 7.11 Å². The molecule has 0 heterocycles. The quantitative estimate of drug-likeness (QED) is 0.795. The fraction of sp³-hybridized carbons (Fsp3) is 0.133. The van der Waals surface area contributed by atoms with Gasteiger partial charge in [-0.3, -0.25) is 4.79 Å². The average molecular weight is 297 g/mol. The number of ketones is 1. The van der Waals surface area contributed by atoms with Crippen molar-refractivity contribution in [1.29, 1.82) is 0 Å². The molecule has 0 aliphatic heterocycles. The highest BCUT2D eigenvalue weighted by Crippen LogP contribution is 2.24. The lowest BCUT2D eigenvalue weighted by atomic mass is 10.0. The second-order valence-electron chi connectivity index (χ2n) is 4.31. The predicted octanol–water partition coefficient (Wildman–Crippen LogP) is 4.17. The molecule has 2 nitrogen and oxygen atoms in total. The van der Waals surface area contributed by atoms with Gasteiger partial charge in [0, 0.05) is 22.7 Å². The van der Waals surface area contributed by atoms with E-state index in [1.54, 1.807) is 13.0 Å². The first-order chi connectivity index (χ1) is 9.42. The van der Waals surface area contributed by atoms with E-state index in [0.29, 0.717) is 5.02 Å². The van der Waals surface area contributed by atoms with E-state index >= 15 is 0 Å². The lowest BCUT2D eigenvalue weighted by Crippen LogP contribution is -2.08. The minimum Gasteiger partial charge on any atom is -0.497 e. The van der Waals surface area contributed by atoms with Gasteiger partial charge in [-0.1, -0.05) is 11.6 Å². The average Bonchev–Trinajstić information content (AvgIpc) is 2.36. The normalized spacial score (nSPS) is 10.4. The van der Waals surface area contributed by atoms with Gasteiger partial charge in [-0.05, 0) is 30.7 Å². The molecule has 0 fully saturated rings. The number of carbonyl (C=O) groups excluding carboxylic acids is 1. The highest BCUT2D eigenvalue weighted by Gasteiger charge is 2.21. The molecule has 0 spiro atoms. The van der Waals surface area contributed by atoms with Crippen molar-refractivity contribution < 1.29 is 18.3 Å². The van der Waals surface area contributed by atoms with Gasteiger partial charge in [-0.15, -0.1) is 0 Å². The van der Waals surface area contributed by atoms with Crippen molar-refractivity contribution in [3.63, 3.8) is 0 Å². The standard InChI is InChI=1S/C15H11ClF2O2/c1-8-3-9(5-10(16)4-8)15(19)14-12(17)6-11(20-2)7-13(14)18/h3-7H,1-2H3. The molecule has 0 saturated carbocycles. The minimum atomic E-state index is -0.968. The first kappa shape index (κ1) is 14.5. The lowest BCUT2D eigenvalue weighted by molar-refractivity contribution is 0.103. The highest BCUT2D eigenvalue weighted by molar-refractivity contribution is 6.31. The summed E-state index contributed by atoms with van der Waals surface area (Å²) in [5.74, 6) is -2.68. The van der Waals surface area contributed by atoms with Gasteiger partial charge in [0.15, 0.2) is 5.78 Å². The number of ether oxygens (including phenoxy) is 1. The van der Waals surface area contributed by atoms with Crippen molar-refractivity contribution in [2.45, 2.75) is 6.92 Å². The van der Waals surface area contributed by atoms with E-state index in [2.05, 4.69) is 0 Å². The van der Waals surface area contributed by atoms with E-state index in [1.807, 2.05) is 0 Å². The molecule has 5 heteroatoms. The lowest BCUT2D eigenvalue weighted by Gasteiger charge is -2.08. The molecule has 2 aromatic rings. The number of carbonyl (C=O) groups is 1. The maximum Gasteiger partial charge on any atom is 0.199 e. The van der Waals surface area contributed by atoms with Crippen LogP contribution in [0.2, 0.25) is 5.02 Å². The Balaban J connectivity index is 2.53. The number of hydrogen-bond acceptors (Lipinski definition) is 2. The predicted molar refractivity (Wildman–Crippen MR) is 72.5 cm³/mol. The summed E-state index contributed by atoms with van der Waals surface area (Å²) >= 11 is 5.85. The summed E-state index contributed by atoms with van der Waals surface area (Å²) in [4.78, 5) is 12.2. The molecule has 2 aromatic carbocycles. The van der Waals surface area contributed by atoms with Gasteiger partial charge in [0.05, 0.1) is 12.7 Å². The van der Waals surface area contributed by atoms with Crippen molar-refractivity contribution >= 4 is 17.4 Å². The number of hydrogen-bond donors (Lipinski definition) is 0. The second-order valence-corrected chi connectivity index (χ2v) is 4.75. The van der Waals surface area contributed by atoms with Crippen LogP contribution in [-0.2, 0) is 0 Å². The maximum atomic E-state index is 13.9. The summed E-state index contributed by atoms with van der Waals surface area (Å²) in [6.07, 6.45) is 0. The Morgan fingerprint density at radius 1 is 1.10 bits per heavy atom. The van der Waals surface area contributed by atoms with Crippen LogP contribution in [0.25, 0.3) is 0 Å². The Kier molecular flexibility index (Phi) is 4.04. The summed E-state index contributed by atoms with van der Waals surface area (Å²) in [6, 6.07) is 6.48. The fourth-order valence-corrected chi connectivity index (χ4v) is 2.19. The first-order valence-electron chi connectivity index (χ1n) is 5.77. The molecular formula is C15H11ClF2O2. The minimum absolute atomic E-state index is 0.0128. The van der Waals surface area contributed by atoms with Crippen molar-refractivity contribution in [2.24, 2.45) is 0 Å². The molecule has 0 amide bonds. The van der Waals surface area contributed by atoms with Crippen LogP contribution in [0.5, 0.6) is 5.75 Å². The molecule has 0 saturated heterocycles. The first-order valence-corrected chi connectivity index (χ1v) is 6.15. The van der Waals surface area contributed by atoms with E-state index in [0.717, 1.165) is 17.7 Å². The van der Waals surface area contributed by atoms with Gasteiger partial charge >= 0.3 is 0 Å². The third-order valence-corrected chi connectivity index (χ3v) is 3.00. The molecule has 0 radical (unpaired) electrons. The van der Waals surface area contributed by atoms with E-state index in [1.165, 1.54) is 19.2 Å². The number of benzene rings is 2. The van der Waals surface area contributed by atoms with Crippen LogP contribution in [0.4, 0.5) is 8.78 Å². The number of rotatable bonds is 3. The maximum absolute atomic E-state index is 13.9. The summed E-state index contributed by atoms with van der Waals surface area (Å²) < 4.78 is 32.5. The van der Waals surface area contributed by atoms with Gasteiger partial charge in [-0.2, -0.15) is 0 Å². The zero-order chi connectivity index (χ0) is 14.9. The Hall–Kier alpha value is -1.94. The zero-order valence-corrected chi connectivity index (χ0v) is 11.6. The van der Waals surface area contributed by atoms with Crippen LogP contribution >= 0.6 is 11.6 Å². The molecule has 0 bridgehead atoms. The van der Waals surface area contributed by atoms with Gasteiger partial charge in [0.1, 0.15) is 17.4 Å². The molecule has 0 atom stereocenters. The van der Waals surface area contributed by atoms with Crippen LogP contribution in [-0.4, -0.2) is 12.9 Å².